The van der Waals surface area contributed by atoms with E-state index in [-0.39, 0.29) is 5.75 Å². The van der Waals surface area contributed by atoms with E-state index >= 15 is 0 Å². The second kappa shape index (κ2) is 7.71. The molecule has 7 heteroatoms. The molecule has 0 aliphatic heterocycles. The minimum atomic E-state index is -2.90. The second-order valence-corrected chi connectivity index (χ2v) is 4.57. The smallest absolute Gasteiger partial charge is 0.265 e. The van der Waals surface area contributed by atoms with Crippen molar-refractivity contribution >= 4 is 17.7 Å². The first-order valence-corrected chi connectivity index (χ1v) is 6.38. The Kier molecular flexibility index (Phi) is 6.25. The normalized spacial score (nSPS) is 11.9. The average Bonchev–Trinajstić information content (AvgIpc) is 2.42. The lowest BCUT2D eigenvalue weighted by Gasteiger charge is -2.12. The Morgan fingerprint density at radius 1 is 1.47 bits per heavy atom. The van der Waals surface area contributed by atoms with Crippen molar-refractivity contribution in [2.75, 3.05) is 12.3 Å². The van der Waals surface area contributed by atoms with Crippen LogP contribution in [-0.2, 0) is 0 Å². The summed E-state index contributed by atoms with van der Waals surface area (Å²) in [4.78, 5) is 12.4. The van der Waals surface area contributed by atoms with Gasteiger partial charge in [-0.2, -0.15) is 5.26 Å². The number of hydrogen-bond acceptors (Lipinski definition) is 4. The van der Waals surface area contributed by atoms with Crippen molar-refractivity contribution < 1.29 is 18.7 Å². The highest BCUT2D eigenvalue weighted by atomic mass is 32.2. The molecule has 2 N–H and O–H groups in total. The number of thioether (sulfide) groups is 1. The standard InChI is InChI=1S/C12H12F2N2O2S/c13-11(14)9(17)7-16-12(18)8-3-1-2-4-10(8)19-6-5-15/h1-4,9,11,17H,6-7H2,(H,16,18). The van der Waals surface area contributed by atoms with Crippen molar-refractivity contribution in [1.82, 2.24) is 5.32 Å². The molecule has 0 bridgehead atoms. The minimum Gasteiger partial charge on any atom is -0.385 e. The number of carbonyl (C=O) groups is 1. The van der Waals surface area contributed by atoms with Crippen LogP contribution in [0.2, 0.25) is 0 Å². The van der Waals surface area contributed by atoms with Gasteiger partial charge in [0, 0.05) is 11.4 Å². The number of alkyl halides is 2. The van der Waals surface area contributed by atoms with Crippen molar-refractivity contribution in [3.8, 4) is 6.07 Å². The fourth-order valence-electron chi connectivity index (χ4n) is 1.27. The summed E-state index contributed by atoms with van der Waals surface area (Å²) in [7, 11) is 0. The van der Waals surface area contributed by atoms with Crippen LogP contribution in [0.25, 0.3) is 0 Å². The molecule has 1 aromatic rings. The van der Waals surface area contributed by atoms with Gasteiger partial charge in [-0.3, -0.25) is 4.79 Å². The number of carbonyl (C=O) groups excluding carboxylic acids is 1. The maximum Gasteiger partial charge on any atom is 0.265 e. The van der Waals surface area contributed by atoms with Gasteiger partial charge in [-0.1, -0.05) is 12.1 Å². The van der Waals surface area contributed by atoms with Crippen LogP contribution in [0.15, 0.2) is 29.2 Å². The van der Waals surface area contributed by atoms with Gasteiger partial charge in [-0.25, -0.2) is 8.78 Å². The van der Waals surface area contributed by atoms with Crippen LogP contribution >= 0.6 is 11.8 Å². The number of nitrogens with one attached hydrogen (secondary N) is 1. The topological polar surface area (TPSA) is 73.1 Å². The number of amides is 1. The van der Waals surface area contributed by atoms with Crippen LogP contribution in [0, 0.1) is 11.3 Å². The van der Waals surface area contributed by atoms with Gasteiger partial charge >= 0.3 is 0 Å². The highest BCUT2D eigenvalue weighted by Gasteiger charge is 2.18. The Hall–Kier alpha value is -1.65. The zero-order valence-corrected chi connectivity index (χ0v) is 10.7. The Bertz CT molecular complexity index is 477. The molecule has 4 nitrogen and oxygen atoms in total. The summed E-state index contributed by atoms with van der Waals surface area (Å²) in [5.41, 5.74) is 0.296. The van der Waals surface area contributed by atoms with Crippen LogP contribution in [-0.4, -0.2) is 35.8 Å². The molecule has 1 aromatic carbocycles. The molecule has 0 saturated heterocycles. The van der Waals surface area contributed by atoms with E-state index in [1.54, 1.807) is 18.2 Å². The first kappa shape index (κ1) is 15.4. The minimum absolute atomic E-state index is 0.184. The molecular weight excluding hydrogens is 274 g/mol. The number of hydrogen-bond donors (Lipinski definition) is 2. The zero-order chi connectivity index (χ0) is 14.3. The molecule has 0 heterocycles. The maximum atomic E-state index is 12.1. The lowest BCUT2D eigenvalue weighted by atomic mass is 10.2. The lowest BCUT2D eigenvalue weighted by molar-refractivity contribution is -0.00271. The second-order valence-electron chi connectivity index (χ2n) is 3.55. The molecule has 0 radical (unpaired) electrons. The number of benzene rings is 1. The van der Waals surface area contributed by atoms with Gasteiger partial charge in [0.15, 0.2) is 0 Å². The van der Waals surface area contributed by atoms with E-state index in [9.17, 15) is 13.6 Å². The molecule has 0 saturated carbocycles. The molecule has 0 fully saturated rings. The van der Waals surface area contributed by atoms with Gasteiger partial charge in [0.05, 0.1) is 17.4 Å². The molecule has 0 aromatic heterocycles. The van der Waals surface area contributed by atoms with Crippen LogP contribution in [0.5, 0.6) is 0 Å². The summed E-state index contributed by atoms with van der Waals surface area (Å²) in [6, 6.07) is 8.48. The first-order chi connectivity index (χ1) is 9.06. The summed E-state index contributed by atoms with van der Waals surface area (Å²) in [6.45, 7) is -0.520. The predicted molar refractivity (Wildman–Crippen MR) is 67.1 cm³/mol. The zero-order valence-electron chi connectivity index (χ0n) is 9.85. The lowest BCUT2D eigenvalue weighted by Crippen LogP contribution is -2.36. The largest absolute Gasteiger partial charge is 0.385 e. The Labute approximate surface area is 113 Å². The molecule has 0 spiro atoms. The van der Waals surface area contributed by atoms with Gasteiger partial charge in [-0.05, 0) is 12.1 Å². The van der Waals surface area contributed by atoms with E-state index in [1.165, 1.54) is 17.8 Å². The molecular formula is C12H12F2N2O2S. The molecule has 19 heavy (non-hydrogen) atoms. The highest BCUT2D eigenvalue weighted by Crippen LogP contribution is 2.22. The van der Waals surface area contributed by atoms with Gasteiger partial charge < -0.3 is 10.4 Å². The summed E-state index contributed by atoms with van der Waals surface area (Å²) >= 11 is 1.18. The van der Waals surface area contributed by atoms with Gasteiger partial charge in [0.25, 0.3) is 12.3 Å². The number of nitriles is 1. The fourth-order valence-corrected chi connectivity index (χ4v) is 1.98. The first-order valence-electron chi connectivity index (χ1n) is 5.39. The Balaban J connectivity index is 2.69. The predicted octanol–water partition coefficient (Wildman–Crippen LogP) is 1.66. The number of aliphatic hydroxyl groups excluding tert-OH is 1. The Morgan fingerprint density at radius 2 is 2.16 bits per heavy atom. The molecule has 1 rings (SSSR count). The van der Waals surface area contributed by atoms with Crippen molar-refractivity contribution in [3.05, 3.63) is 29.8 Å². The van der Waals surface area contributed by atoms with Crippen LogP contribution in [0.3, 0.4) is 0 Å². The average molecular weight is 286 g/mol. The fraction of sp³-hybridized carbons (Fsp3) is 0.333. The van der Waals surface area contributed by atoms with E-state index in [1.807, 2.05) is 6.07 Å². The quantitative estimate of drug-likeness (QED) is 0.780. The maximum absolute atomic E-state index is 12.1. The molecule has 0 aliphatic carbocycles. The van der Waals surface area contributed by atoms with E-state index in [4.69, 9.17) is 10.4 Å². The molecule has 0 aliphatic rings. The van der Waals surface area contributed by atoms with Gasteiger partial charge in [0.2, 0.25) is 0 Å². The van der Waals surface area contributed by atoms with Gasteiger partial charge in [0.1, 0.15) is 6.10 Å². The van der Waals surface area contributed by atoms with Gasteiger partial charge in [-0.15, -0.1) is 11.8 Å². The van der Waals surface area contributed by atoms with Crippen LogP contribution in [0.4, 0.5) is 8.78 Å². The SMILES string of the molecule is N#CCSc1ccccc1C(=O)NCC(O)C(F)F. The third-order valence-electron chi connectivity index (χ3n) is 2.19. The van der Waals surface area contributed by atoms with Crippen molar-refractivity contribution in [2.45, 2.75) is 17.4 Å². The Morgan fingerprint density at radius 3 is 2.79 bits per heavy atom. The third kappa shape index (κ3) is 4.85. The number of nitrogens with zero attached hydrogens (tertiary/aromatic N) is 1. The number of aliphatic hydroxyl groups is 1. The van der Waals surface area contributed by atoms with Crippen molar-refractivity contribution in [3.63, 3.8) is 0 Å². The van der Waals surface area contributed by atoms with E-state index in [0.717, 1.165) is 0 Å². The summed E-state index contributed by atoms with van der Waals surface area (Å²) in [5, 5.41) is 19.7. The van der Waals surface area contributed by atoms with Crippen LogP contribution in [0.1, 0.15) is 10.4 Å². The highest BCUT2D eigenvalue weighted by molar-refractivity contribution is 7.99. The van der Waals surface area contributed by atoms with Crippen LogP contribution < -0.4 is 5.32 Å². The van der Waals surface area contributed by atoms with E-state index in [0.29, 0.717) is 10.5 Å². The third-order valence-corrected chi connectivity index (χ3v) is 3.13. The number of halogens is 2. The molecule has 1 atom stereocenters. The molecule has 102 valence electrons. The monoisotopic (exact) mass is 286 g/mol. The summed E-state index contributed by atoms with van der Waals surface area (Å²) in [6.07, 6.45) is -4.79. The molecule has 1 amide bonds. The number of rotatable bonds is 6. The summed E-state index contributed by atoms with van der Waals surface area (Å²) in [5.74, 6) is -0.370. The van der Waals surface area contributed by atoms with E-state index < -0.39 is 25.0 Å². The summed E-state index contributed by atoms with van der Waals surface area (Å²) < 4.78 is 24.2. The van der Waals surface area contributed by atoms with Crippen molar-refractivity contribution in [2.24, 2.45) is 0 Å². The van der Waals surface area contributed by atoms with Crippen molar-refractivity contribution in [1.29, 1.82) is 5.26 Å². The van der Waals surface area contributed by atoms with E-state index in [2.05, 4.69) is 5.32 Å². The molecule has 1 unspecified atom stereocenters.